The quantitative estimate of drug-likeness (QED) is 0.166. The highest BCUT2D eigenvalue weighted by Crippen LogP contribution is 2.25. The molecule has 0 fully saturated rings. The Hall–Kier alpha value is -3.66. The van der Waals surface area contributed by atoms with Crippen molar-refractivity contribution >= 4 is 58.3 Å². The van der Waals surface area contributed by atoms with Gasteiger partial charge in [0.2, 0.25) is 0 Å². The fraction of sp³-hybridized carbons (Fsp3) is 0.115. The molecule has 0 spiro atoms. The normalized spacial score (nSPS) is 11.5. The highest BCUT2D eigenvalue weighted by atomic mass is 35.5. The highest BCUT2D eigenvalue weighted by molar-refractivity contribution is 7.98. The number of hydrogen-bond donors (Lipinski definition) is 3. The van der Waals surface area contributed by atoms with Crippen molar-refractivity contribution in [1.29, 1.82) is 0 Å². The number of thioether (sulfide) groups is 1. The van der Waals surface area contributed by atoms with Crippen LogP contribution in [0.4, 0.5) is 11.5 Å². The number of aromatic nitrogens is 3. The molecule has 0 aliphatic carbocycles. The lowest BCUT2D eigenvalue weighted by atomic mass is 10.1. The Kier molecular flexibility index (Phi) is 8.95. The van der Waals surface area contributed by atoms with Crippen molar-refractivity contribution in [2.24, 2.45) is 0 Å². The van der Waals surface area contributed by atoms with E-state index in [0.717, 1.165) is 21.9 Å². The van der Waals surface area contributed by atoms with Crippen molar-refractivity contribution in [3.63, 3.8) is 0 Å². The highest BCUT2D eigenvalue weighted by Gasteiger charge is 2.19. The summed E-state index contributed by atoms with van der Waals surface area (Å²) in [6, 6.07) is 17.6. The van der Waals surface area contributed by atoms with Gasteiger partial charge in [-0.25, -0.2) is 14.8 Å². The predicted octanol–water partition coefficient (Wildman–Crippen LogP) is 5.83. The average molecular weight is 554 g/mol. The van der Waals surface area contributed by atoms with E-state index in [1.165, 1.54) is 18.7 Å². The Labute approximate surface area is 227 Å². The third-order valence-electron chi connectivity index (χ3n) is 5.22. The summed E-state index contributed by atoms with van der Waals surface area (Å²) < 4.78 is 0. The molecule has 0 saturated carbocycles. The van der Waals surface area contributed by atoms with Gasteiger partial charge in [0.05, 0.1) is 15.6 Å². The van der Waals surface area contributed by atoms with Crippen molar-refractivity contribution in [2.75, 3.05) is 10.6 Å². The number of hydrogen-bond acceptors (Lipinski definition) is 7. The molecule has 0 unspecified atom stereocenters. The third kappa shape index (κ3) is 7.42. The number of carbonyl (C=O) groups is 2. The summed E-state index contributed by atoms with van der Waals surface area (Å²) in [7, 11) is 0. The number of amides is 1. The van der Waals surface area contributed by atoms with Crippen LogP contribution in [-0.2, 0) is 17.0 Å². The standard InChI is InChI=1S/C26H21Cl2N5O3S/c27-19-12-29-13-20(28)24(19)25(34)32-18-8-6-16(7-9-18)10-21(26(35)36)33-22-11-23(31-15-30-22)37-14-17-4-2-1-3-5-17/h1-9,11-13,15,21H,10,14H2,(H,32,34)(H,35,36)(H,30,31,33)/t21-/m0/s1. The second kappa shape index (κ2) is 12.5. The SMILES string of the molecule is O=C(Nc1ccc(C[C@H](Nc2cc(SCc3ccccc3)ncn2)C(=O)O)cc1)c1c(Cl)cncc1Cl. The van der Waals surface area contributed by atoms with Crippen LogP contribution in [0.15, 0.2) is 84.4 Å². The van der Waals surface area contributed by atoms with Crippen molar-refractivity contribution in [3.8, 4) is 0 Å². The lowest BCUT2D eigenvalue weighted by Crippen LogP contribution is -2.31. The molecule has 188 valence electrons. The van der Waals surface area contributed by atoms with E-state index < -0.39 is 17.9 Å². The number of carbonyl (C=O) groups excluding carboxylic acids is 1. The minimum Gasteiger partial charge on any atom is -0.480 e. The molecule has 0 bridgehead atoms. The molecule has 3 N–H and O–H groups in total. The van der Waals surface area contributed by atoms with Crippen LogP contribution in [0.3, 0.4) is 0 Å². The maximum Gasteiger partial charge on any atom is 0.326 e. The van der Waals surface area contributed by atoms with Gasteiger partial charge < -0.3 is 15.7 Å². The van der Waals surface area contributed by atoms with Gasteiger partial charge in [-0.05, 0) is 23.3 Å². The zero-order valence-electron chi connectivity index (χ0n) is 19.3. The molecule has 37 heavy (non-hydrogen) atoms. The molecule has 0 radical (unpaired) electrons. The first kappa shape index (κ1) is 26.4. The molecule has 2 aromatic carbocycles. The number of anilines is 2. The van der Waals surface area contributed by atoms with Crippen molar-refractivity contribution in [2.45, 2.75) is 23.2 Å². The number of carboxylic acid groups (broad SMARTS) is 1. The Balaban J connectivity index is 1.38. The van der Waals surface area contributed by atoms with Gasteiger partial charge in [-0.2, -0.15) is 0 Å². The molecular formula is C26H21Cl2N5O3S. The van der Waals surface area contributed by atoms with Crippen LogP contribution >= 0.6 is 35.0 Å². The van der Waals surface area contributed by atoms with Gasteiger partial charge in [0.25, 0.3) is 5.91 Å². The first-order valence-corrected chi connectivity index (χ1v) is 12.8. The summed E-state index contributed by atoms with van der Waals surface area (Å²) in [5, 5.41) is 16.5. The molecule has 1 amide bonds. The van der Waals surface area contributed by atoms with Gasteiger partial charge >= 0.3 is 5.97 Å². The lowest BCUT2D eigenvalue weighted by Gasteiger charge is -2.16. The second-order valence-electron chi connectivity index (χ2n) is 7.88. The molecule has 11 heteroatoms. The maximum absolute atomic E-state index is 12.6. The zero-order chi connectivity index (χ0) is 26.2. The summed E-state index contributed by atoms with van der Waals surface area (Å²) >= 11 is 13.6. The Morgan fingerprint density at radius 3 is 2.32 bits per heavy atom. The van der Waals surface area contributed by atoms with Gasteiger partial charge in [-0.3, -0.25) is 9.78 Å². The van der Waals surface area contributed by atoms with Crippen LogP contribution in [0.5, 0.6) is 0 Å². The van der Waals surface area contributed by atoms with E-state index in [0.29, 0.717) is 11.5 Å². The molecule has 0 aliphatic rings. The number of halogens is 2. The van der Waals surface area contributed by atoms with Crippen LogP contribution < -0.4 is 10.6 Å². The van der Waals surface area contributed by atoms with Gasteiger partial charge in [-0.1, -0.05) is 65.7 Å². The zero-order valence-corrected chi connectivity index (χ0v) is 21.6. The number of aliphatic carboxylic acids is 1. The van der Waals surface area contributed by atoms with Crippen LogP contribution in [0.2, 0.25) is 10.0 Å². The van der Waals surface area contributed by atoms with E-state index in [2.05, 4.69) is 25.6 Å². The largest absolute Gasteiger partial charge is 0.480 e. The molecule has 2 aromatic heterocycles. The average Bonchev–Trinajstić information content (AvgIpc) is 2.89. The Morgan fingerprint density at radius 2 is 1.65 bits per heavy atom. The molecule has 8 nitrogen and oxygen atoms in total. The van der Waals surface area contributed by atoms with E-state index in [1.807, 2.05) is 30.3 Å². The predicted molar refractivity (Wildman–Crippen MR) is 145 cm³/mol. The third-order valence-corrected chi connectivity index (χ3v) is 6.79. The van der Waals surface area contributed by atoms with Crippen LogP contribution in [0, 0.1) is 0 Å². The van der Waals surface area contributed by atoms with Crippen LogP contribution in [-0.4, -0.2) is 38.0 Å². The Bertz CT molecular complexity index is 1370. The van der Waals surface area contributed by atoms with Crippen molar-refractivity contribution in [3.05, 3.63) is 106 Å². The molecular weight excluding hydrogens is 533 g/mol. The fourth-order valence-electron chi connectivity index (χ4n) is 3.39. The van der Waals surface area contributed by atoms with E-state index in [4.69, 9.17) is 23.2 Å². The van der Waals surface area contributed by atoms with E-state index in [9.17, 15) is 14.7 Å². The van der Waals surface area contributed by atoms with Crippen LogP contribution in [0.25, 0.3) is 0 Å². The number of nitrogens with zero attached hydrogens (tertiary/aromatic N) is 3. The molecule has 1 atom stereocenters. The van der Waals surface area contributed by atoms with Gasteiger partial charge in [0.15, 0.2) is 0 Å². The number of carboxylic acids is 1. The molecule has 0 saturated heterocycles. The first-order valence-electron chi connectivity index (χ1n) is 11.1. The number of pyridine rings is 1. The summed E-state index contributed by atoms with van der Waals surface area (Å²) in [6.45, 7) is 0. The van der Waals surface area contributed by atoms with Gasteiger partial charge in [0, 0.05) is 36.3 Å². The van der Waals surface area contributed by atoms with Crippen molar-refractivity contribution in [1.82, 2.24) is 15.0 Å². The molecule has 4 aromatic rings. The Morgan fingerprint density at radius 1 is 0.946 bits per heavy atom. The maximum atomic E-state index is 12.6. The minimum atomic E-state index is -1.02. The lowest BCUT2D eigenvalue weighted by molar-refractivity contribution is -0.137. The number of rotatable bonds is 10. The van der Waals surface area contributed by atoms with E-state index in [1.54, 1.807) is 42.1 Å². The summed E-state index contributed by atoms with van der Waals surface area (Å²) in [6.07, 6.45) is 4.29. The first-order chi connectivity index (χ1) is 17.9. The smallest absolute Gasteiger partial charge is 0.326 e. The monoisotopic (exact) mass is 553 g/mol. The second-order valence-corrected chi connectivity index (χ2v) is 9.69. The molecule has 0 aliphatic heterocycles. The van der Waals surface area contributed by atoms with Crippen molar-refractivity contribution < 1.29 is 14.7 Å². The summed E-state index contributed by atoms with van der Waals surface area (Å²) in [5.41, 5.74) is 2.55. The van der Waals surface area contributed by atoms with E-state index in [-0.39, 0.29) is 22.0 Å². The van der Waals surface area contributed by atoms with Gasteiger partial charge in [-0.15, -0.1) is 11.8 Å². The van der Waals surface area contributed by atoms with Gasteiger partial charge in [0.1, 0.15) is 23.2 Å². The topological polar surface area (TPSA) is 117 Å². The van der Waals surface area contributed by atoms with E-state index >= 15 is 0 Å². The summed E-state index contributed by atoms with van der Waals surface area (Å²) in [4.78, 5) is 36.8. The fourth-order valence-corrected chi connectivity index (χ4v) is 4.75. The summed E-state index contributed by atoms with van der Waals surface area (Å²) in [5.74, 6) is -0.327. The molecule has 2 heterocycles. The van der Waals surface area contributed by atoms with Crippen LogP contribution in [0.1, 0.15) is 21.5 Å². The molecule has 4 rings (SSSR count). The number of benzene rings is 2. The number of nitrogens with one attached hydrogen (secondary N) is 2. The minimum absolute atomic E-state index is 0.128.